The van der Waals surface area contributed by atoms with E-state index in [9.17, 15) is 22.8 Å². The first kappa shape index (κ1) is 38.8. The highest BCUT2D eigenvalue weighted by Crippen LogP contribution is 2.26. The van der Waals surface area contributed by atoms with Crippen LogP contribution in [-0.4, -0.2) is 57.6 Å². The van der Waals surface area contributed by atoms with E-state index in [1.165, 1.54) is 74.4 Å². The van der Waals surface area contributed by atoms with Gasteiger partial charge in [-0.2, -0.15) is 4.39 Å². The Morgan fingerprint density at radius 3 is 1.65 bits per heavy atom. The molecule has 0 radical (unpaired) electrons. The predicted octanol–water partition coefficient (Wildman–Crippen LogP) is 8.28. The third-order valence-corrected chi connectivity index (χ3v) is 7.42. The van der Waals surface area contributed by atoms with E-state index < -0.39 is 29.4 Å². The lowest BCUT2D eigenvalue weighted by molar-refractivity contribution is 0.101. The summed E-state index contributed by atoms with van der Waals surface area (Å²) in [5.41, 5.74) is 1.25. The standard InChI is InChI=1S/C19H14FN5O3.C18H11F2N5O2.C2H6.2H2/c1-27-13-2-3-17(23-10-13)24-19(26)16-7-15(11-25-5-4-22-18(16)25)28-14-6-12(20)8-21-9-14;19-11-6-12(9-21-8-11)27-13-7-14(17-22-4-5-25(17)10-13)18(26)24-16-3-1-2-15(20)23-16;1-2;;/h2-11H,1H3,(H,23,24,26);1-10H,(H,23,24,26);1-2H3;2*1H. The number of imidazole rings is 2. The van der Waals surface area contributed by atoms with Gasteiger partial charge in [0.2, 0.25) is 5.95 Å². The number of hydrogen-bond donors (Lipinski definition) is 2. The molecule has 2 N–H and O–H groups in total. The molecule has 8 heterocycles. The summed E-state index contributed by atoms with van der Waals surface area (Å²) in [4.78, 5) is 48.9. The fourth-order valence-electron chi connectivity index (χ4n) is 5.05. The molecule has 0 saturated heterocycles. The van der Waals surface area contributed by atoms with Crippen LogP contribution in [0.5, 0.6) is 28.7 Å². The van der Waals surface area contributed by atoms with E-state index in [1.54, 1.807) is 51.9 Å². The van der Waals surface area contributed by atoms with E-state index in [2.05, 4.69) is 40.5 Å². The van der Waals surface area contributed by atoms with Crippen LogP contribution in [0.1, 0.15) is 37.4 Å². The van der Waals surface area contributed by atoms with Gasteiger partial charge in [-0.1, -0.05) is 19.9 Å². The predicted molar refractivity (Wildman–Crippen MR) is 205 cm³/mol. The largest absolute Gasteiger partial charge is 0.495 e. The maximum atomic E-state index is 13.3. The van der Waals surface area contributed by atoms with Gasteiger partial charge in [-0.05, 0) is 36.4 Å². The van der Waals surface area contributed by atoms with Gasteiger partial charge in [-0.3, -0.25) is 19.6 Å². The molecular formula is C39H35F3N10O5. The first-order valence-electron chi connectivity index (χ1n) is 17.0. The monoisotopic (exact) mass is 780 g/mol. The Morgan fingerprint density at radius 1 is 0.632 bits per heavy atom. The minimum Gasteiger partial charge on any atom is -0.495 e. The number of halogens is 3. The zero-order valence-corrected chi connectivity index (χ0v) is 30.3. The van der Waals surface area contributed by atoms with E-state index >= 15 is 0 Å². The van der Waals surface area contributed by atoms with Crippen LogP contribution in [0.25, 0.3) is 11.3 Å². The number of rotatable bonds is 9. The zero-order chi connectivity index (χ0) is 40.3. The minimum absolute atomic E-state index is 0. The average molecular weight is 781 g/mol. The molecule has 0 saturated carbocycles. The fourth-order valence-corrected chi connectivity index (χ4v) is 5.05. The number of anilines is 2. The Balaban J connectivity index is 0.000000242. The Labute approximate surface area is 324 Å². The topological polar surface area (TPSA) is 172 Å². The smallest absolute Gasteiger partial charge is 0.260 e. The second-order valence-corrected chi connectivity index (χ2v) is 11.2. The fraction of sp³-hybridized carbons (Fsp3) is 0.0769. The van der Waals surface area contributed by atoms with Crippen molar-refractivity contribution in [2.24, 2.45) is 0 Å². The maximum Gasteiger partial charge on any atom is 0.260 e. The number of aromatic nitrogens is 8. The molecule has 0 spiro atoms. The second-order valence-electron chi connectivity index (χ2n) is 11.2. The summed E-state index contributed by atoms with van der Waals surface area (Å²) >= 11 is 0. The SMILES string of the molecule is CC.COc1ccc(NC(=O)c2cc(Oc3cncc(F)c3)cn3ccnc23)nc1.O=C(Nc1cccc(F)n1)c1cc(Oc2cncc(F)c2)cn2ccnc12.[HH].[HH]. The third kappa shape index (κ3) is 9.81. The van der Waals surface area contributed by atoms with Gasteiger partial charge in [-0.15, -0.1) is 0 Å². The van der Waals surface area contributed by atoms with E-state index in [1.807, 2.05) is 13.8 Å². The van der Waals surface area contributed by atoms with Crippen molar-refractivity contribution in [1.82, 2.24) is 38.7 Å². The van der Waals surface area contributed by atoms with Crippen LogP contribution in [-0.2, 0) is 0 Å². The summed E-state index contributed by atoms with van der Waals surface area (Å²) < 4.78 is 59.4. The molecule has 15 nitrogen and oxygen atoms in total. The minimum atomic E-state index is -0.713. The number of ether oxygens (including phenoxy) is 3. The van der Waals surface area contributed by atoms with Crippen molar-refractivity contribution in [2.75, 3.05) is 17.7 Å². The Morgan fingerprint density at radius 2 is 1.18 bits per heavy atom. The third-order valence-electron chi connectivity index (χ3n) is 7.42. The van der Waals surface area contributed by atoms with Crippen molar-refractivity contribution in [3.63, 3.8) is 0 Å². The number of fused-ring (bicyclic) bond motifs is 2. The lowest BCUT2D eigenvalue weighted by Crippen LogP contribution is -2.15. The quantitative estimate of drug-likeness (QED) is 0.135. The number of methoxy groups -OCH3 is 1. The van der Waals surface area contributed by atoms with Gasteiger partial charge in [0.1, 0.15) is 63.3 Å². The van der Waals surface area contributed by atoms with Crippen molar-refractivity contribution in [1.29, 1.82) is 0 Å². The first-order valence-corrected chi connectivity index (χ1v) is 17.0. The number of nitrogens with one attached hydrogen (secondary N) is 2. The van der Waals surface area contributed by atoms with Crippen LogP contribution in [0.2, 0.25) is 0 Å². The summed E-state index contributed by atoms with van der Waals surface area (Å²) in [7, 11) is 1.53. The van der Waals surface area contributed by atoms with Crippen molar-refractivity contribution in [2.45, 2.75) is 13.8 Å². The summed E-state index contributed by atoms with van der Waals surface area (Å²) in [5.74, 6) is -0.783. The Hall–Kier alpha value is -7.89. The van der Waals surface area contributed by atoms with Crippen molar-refractivity contribution in [3.8, 4) is 28.7 Å². The molecule has 8 aromatic heterocycles. The molecule has 57 heavy (non-hydrogen) atoms. The van der Waals surface area contributed by atoms with Crippen LogP contribution in [0.15, 0.2) is 123 Å². The number of amides is 2. The average Bonchev–Trinajstić information content (AvgIpc) is 3.89. The molecule has 0 atom stereocenters. The number of pyridine rings is 6. The first-order chi connectivity index (χ1) is 27.7. The molecule has 8 aromatic rings. The molecule has 0 bridgehead atoms. The van der Waals surface area contributed by atoms with Gasteiger partial charge in [0.25, 0.3) is 11.8 Å². The van der Waals surface area contributed by atoms with Gasteiger partial charge in [0, 0.05) is 39.8 Å². The van der Waals surface area contributed by atoms with E-state index in [4.69, 9.17) is 14.2 Å². The highest BCUT2D eigenvalue weighted by molar-refractivity contribution is 6.08. The highest BCUT2D eigenvalue weighted by Gasteiger charge is 2.17. The molecule has 18 heteroatoms. The second kappa shape index (κ2) is 18.0. The molecule has 0 aliphatic heterocycles. The molecule has 0 aliphatic carbocycles. The van der Waals surface area contributed by atoms with Crippen molar-refractivity contribution < 1.29 is 39.8 Å². The summed E-state index contributed by atoms with van der Waals surface area (Å²) in [6.45, 7) is 4.00. The van der Waals surface area contributed by atoms with Crippen LogP contribution >= 0.6 is 0 Å². The maximum absolute atomic E-state index is 13.3. The lowest BCUT2D eigenvalue weighted by atomic mass is 10.2. The highest BCUT2D eigenvalue weighted by atomic mass is 19.1. The summed E-state index contributed by atoms with van der Waals surface area (Å²) in [6.07, 6.45) is 15.9. The Bertz CT molecular complexity index is 2670. The van der Waals surface area contributed by atoms with Gasteiger partial charge in [0.05, 0.1) is 61.6 Å². The van der Waals surface area contributed by atoms with E-state index in [0.717, 1.165) is 12.4 Å². The van der Waals surface area contributed by atoms with E-state index in [-0.39, 0.29) is 37.0 Å². The number of hydrogen-bond acceptors (Lipinski definition) is 11. The molecule has 0 unspecified atom stereocenters. The summed E-state index contributed by atoms with van der Waals surface area (Å²) in [5, 5.41) is 5.21. The van der Waals surface area contributed by atoms with Gasteiger partial charge >= 0.3 is 0 Å². The molecule has 2 amide bonds. The van der Waals surface area contributed by atoms with Crippen LogP contribution in [0, 0.1) is 17.6 Å². The molecule has 292 valence electrons. The van der Waals surface area contributed by atoms with Crippen molar-refractivity contribution >= 4 is 34.7 Å². The molecule has 8 rings (SSSR count). The Kier molecular flexibility index (Phi) is 12.2. The van der Waals surface area contributed by atoms with Crippen molar-refractivity contribution in [3.05, 3.63) is 151 Å². The number of nitrogens with zero attached hydrogens (tertiary/aromatic N) is 8. The van der Waals surface area contributed by atoms with Crippen LogP contribution in [0.4, 0.5) is 24.8 Å². The molecule has 0 fully saturated rings. The zero-order valence-electron chi connectivity index (χ0n) is 30.3. The molecular weight excluding hydrogens is 745 g/mol. The summed E-state index contributed by atoms with van der Waals surface area (Å²) in [6, 6.07) is 12.7. The number of carbonyl (C=O) groups is 2. The van der Waals surface area contributed by atoms with Gasteiger partial charge in [0.15, 0.2) is 0 Å². The van der Waals surface area contributed by atoms with Crippen LogP contribution in [0.3, 0.4) is 0 Å². The lowest BCUT2D eigenvalue weighted by Gasteiger charge is -2.10. The van der Waals surface area contributed by atoms with Gasteiger partial charge < -0.3 is 33.6 Å². The van der Waals surface area contributed by atoms with E-state index in [0.29, 0.717) is 28.6 Å². The van der Waals surface area contributed by atoms with Gasteiger partial charge in [-0.25, -0.2) is 28.7 Å². The number of carbonyl (C=O) groups excluding carboxylic acids is 2. The molecule has 0 aromatic carbocycles. The normalized spacial score (nSPS) is 10.4. The van der Waals surface area contributed by atoms with Crippen LogP contribution < -0.4 is 24.8 Å². The molecule has 0 aliphatic rings.